The van der Waals surface area contributed by atoms with Gasteiger partial charge in [-0.2, -0.15) is 0 Å². The van der Waals surface area contributed by atoms with Crippen molar-refractivity contribution in [2.75, 3.05) is 23.8 Å². The Morgan fingerprint density at radius 2 is 2.00 bits per heavy atom. The summed E-state index contributed by atoms with van der Waals surface area (Å²) in [6.07, 6.45) is 5.33. The third-order valence-corrected chi connectivity index (χ3v) is 4.39. The predicted octanol–water partition coefficient (Wildman–Crippen LogP) is 4.04. The molecule has 1 N–H and O–H groups in total. The van der Waals surface area contributed by atoms with Crippen LogP contribution >= 0.6 is 15.9 Å². The van der Waals surface area contributed by atoms with E-state index in [0.717, 1.165) is 35.1 Å². The molecule has 2 rings (SSSR count). The van der Waals surface area contributed by atoms with Gasteiger partial charge in [0.15, 0.2) is 0 Å². The minimum atomic E-state index is -0.213. The molecule has 1 aromatic heterocycles. The quantitative estimate of drug-likeness (QED) is 0.826. The first-order valence-electron chi connectivity index (χ1n) is 7.62. The first-order chi connectivity index (χ1) is 11.0. The van der Waals surface area contributed by atoms with Crippen molar-refractivity contribution in [2.45, 2.75) is 26.7 Å². The summed E-state index contributed by atoms with van der Waals surface area (Å²) in [5.74, 6) is 0.420. The maximum Gasteiger partial charge on any atom is 0.258 e. The molecule has 0 aliphatic heterocycles. The Hall–Kier alpha value is -1.95. The Bertz CT molecular complexity index is 673. The second kappa shape index (κ2) is 8.06. The molecule has 2 aromatic rings. The van der Waals surface area contributed by atoms with E-state index < -0.39 is 0 Å². The van der Waals surface area contributed by atoms with Crippen molar-refractivity contribution < 1.29 is 4.79 Å². The smallest absolute Gasteiger partial charge is 0.258 e. The first-order valence-corrected chi connectivity index (χ1v) is 8.41. The predicted molar refractivity (Wildman–Crippen MR) is 97.0 cm³/mol. The number of hydrogen-bond acceptors (Lipinski definition) is 4. The van der Waals surface area contributed by atoms with Crippen LogP contribution in [0.15, 0.2) is 35.1 Å². The van der Waals surface area contributed by atoms with Gasteiger partial charge in [-0.3, -0.25) is 4.79 Å². The molecule has 0 fully saturated rings. The number of carbonyl (C=O) groups excluding carboxylic acids is 1. The number of amides is 1. The number of rotatable bonds is 6. The van der Waals surface area contributed by atoms with Gasteiger partial charge in [0.25, 0.3) is 5.91 Å². The summed E-state index contributed by atoms with van der Waals surface area (Å²) in [7, 11) is 1.95. The molecule has 0 unspecified atom stereocenters. The van der Waals surface area contributed by atoms with Crippen molar-refractivity contribution in [1.82, 2.24) is 9.97 Å². The van der Waals surface area contributed by atoms with E-state index in [1.54, 1.807) is 12.4 Å². The Labute approximate surface area is 145 Å². The van der Waals surface area contributed by atoms with Gasteiger partial charge in [-0.25, -0.2) is 9.97 Å². The molecule has 0 aliphatic rings. The normalized spacial score (nSPS) is 10.4. The number of unbranched alkanes of at least 4 members (excludes halogenated alkanes) is 1. The number of aromatic nitrogens is 2. The third kappa shape index (κ3) is 4.76. The molecule has 0 bridgehead atoms. The number of anilines is 2. The fourth-order valence-electron chi connectivity index (χ4n) is 2.06. The van der Waals surface area contributed by atoms with E-state index >= 15 is 0 Å². The molecular weight excluding hydrogens is 356 g/mol. The molecule has 1 amide bonds. The minimum absolute atomic E-state index is 0.213. The van der Waals surface area contributed by atoms with Crippen LogP contribution in [0.2, 0.25) is 0 Å². The van der Waals surface area contributed by atoms with Gasteiger partial charge >= 0.3 is 0 Å². The van der Waals surface area contributed by atoms with Crippen LogP contribution in [0.25, 0.3) is 0 Å². The molecule has 0 aliphatic carbocycles. The van der Waals surface area contributed by atoms with Gasteiger partial charge in [0, 0.05) is 36.1 Å². The average molecular weight is 377 g/mol. The van der Waals surface area contributed by atoms with Gasteiger partial charge in [0.05, 0.1) is 5.56 Å². The lowest BCUT2D eigenvalue weighted by atomic mass is 10.2. The summed E-state index contributed by atoms with van der Waals surface area (Å²) < 4.78 is 1.01. The van der Waals surface area contributed by atoms with Crippen molar-refractivity contribution in [3.05, 3.63) is 46.2 Å². The van der Waals surface area contributed by atoms with Gasteiger partial charge in [-0.15, -0.1) is 0 Å². The summed E-state index contributed by atoms with van der Waals surface area (Å²) in [6, 6.07) is 5.67. The van der Waals surface area contributed by atoms with E-state index in [9.17, 15) is 4.79 Å². The van der Waals surface area contributed by atoms with Crippen molar-refractivity contribution >= 4 is 33.5 Å². The maximum atomic E-state index is 12.2. The van der Waals surface area contributed by atoms with Gasteiger partial charge in [-0.05, 0) is 37.1 Å². The Kier molecular flexibility index (Phi) is 6.10. The zero-order valence-corrected chi connectivity index (χ0v) is 15.2. The highest BCUT2D eigenvalue weighted by atomic mass is 79.9. The molecule has 122 valence electrons. The highest BCUT2D eigenvalue weighted by molar-refractivity contribution is 9.10. The van der Waals surface area contributed by atoms with Crippen molar-refractivity contribution in [3.8, 4) is 0 Å². The zero-order valence-electron chi connectivity index (χ0n) is 13.6. The van der Waals surface area contributed by atoms with Crippen LogP contribution in [0, 0.1) is 6.92 Å². The number of carbonyl (C=O) groups is 1. The number of benzene rings is 1. The number of nitrogens with zero attached hydrogens (tertiary/aromatic N) is 3. The van der Waals surface area contributed by atoms with Gasteiger partial charge in [0.1, 0.15) is 0 Å². The number of nitrogens with one attached hydrogen (secondary N) is 1. The summed E-state index contributed by atoms with van der Waals surface area (Å²) >= 11 is 3.44. The number of aryl methyl sites for hydroxylation is 1. The van der Waals surface area contributed by atoms with Crippen molar-refractivity contribution in [3.63, 3.8) is 0 Å². The second-order valence-electron chi connectivity index (χ2n) is 5.46. The molecular formula is C17H21BrN4O. The fourth-order valence-corrected chi connectivity index (χ4v) is 2.30. The van der Waals surface area contributed by atoms with Crippen molar-refractivity contribution in [2.24, 2.45) is 0 Å². The van der Waals surface area contributed by atoms with Gasteiger partial charge < -0.3 is 10.2 Å². The van der Waals surface area contributed by atoms with Crippen LogP contribution in [0.3, 0.4) is 0 Å². The molecule has 1 aromatic carbocycles. The summed E-state index contributed by atoms with van der Waals surface area (Å²) in [5.41, 5.74) is 2.25. The largest absolute Gasteiger partial charge is 0.344 e. The third-order valence-electron chi connectivity index (χ3n) is 3.50. The first kappa shape index (κ1) is 17.4. The van der Waals surface area contributed by atoms with E-state index in [2.05, 4.69) is 38.1 Å². The van der Waals surface area contributed by atoms with E-state index in [0.29, 0.717) is 11.5 Å². The molecule has 1 heterocycles. The standard InChI is InChI=1S/C17H21BrN4O/c1-4-5-8-22(3)17-19-10-13(11-20-17)16(23)21-14-6-7-15(18)12(2)9-14/h6-7,9-11H,4-5,8H2,1-3H3,(H,21,23). The Morgan fingerprint density at radius 1 is 1.30 bits per heavy atom. The van der Waals surface area contributed by atoms with Gasteiger partial charge in [0.2, 0.25) is 5.95 Å². The average Bonchev–Trinajstić information content (AvgIpc) is 2.56. The molecule has 5 nitrogen and oxygen atoms in total. The Balaban J connectivity index is 2.03. The topological polar surface area (TPSA) is 58.1 Å². The molecule has 0 saturated carbocycles. The summed E-state index contributed by atoms with van der Waals surface area (Å²) in [5, 5.41) is 2.86. The summed E-state index contributed by atoms with van der Waals surface area (Å²) in [4.78, 5) is 22.8. The molecule has 23 heavy (non-hydrogen) atoms. The van der Waals surface area contributed by atoms with Crippen LogP contribution in [0.4, 0.5) is 11.6 Å². The summed E-state index contributed by atoms with van der Waals surface area (Å²) in [6.45, 7) is 5.02. The van der Waals surface area contributed by atoms with Crippen LogP contribution < -0.4 is 10.2 Å². The minimum Gasteiger partial charge on any atom is -0.344 e. The lowest BCUT2D eigenvalue weighted by molar-refractivity contribution is 0.102. The molecule has 0 radical (unpaired) electrons. The lowest BCUT2D eigenvalue weighted by Gasteiger charge is -2.16. The van der Waals surface area contributed by atoms with E-state index in [1.165, 1.54) is 0 Å². The van der Waals surface area contributed by atoms with Crippen LogP contribution in [-0.2, 0) is 0 Å². The maximum absolute atomic E-state index is 12.2. The monoisotopic (exact) mass is 376 g/mol. The second-order valence-corrected chi connectivity index (χ2v) is 6.32. The lowest BCUT2D eigenvalue weighted by Crippen LogP contribution is -2.21. The SMILES string of the molecule is CCCCN(C)c1ncc(C(=O)Nc2ccc(Br)c(C)c2)cn1. The highest BCUT2D eigenvalue weighted by Crippen LogP contribution is 2.20. The van der Waals surface area contributed by atoms with Crippen molar-refractivity contribution in [1.29, 1.82) is 0 Å². The van der Waals surface area contributed by atoms with Gasteiger partial charge in [-0.1, -0.05) is 29.3 Å². The molecule has 0 spiro atoms. The van der Waals surface area contributed by atoms with Crippen LogP contribution in [0.5, 0.6) is 0 Å². The zero-order chi connectivity index (χ0) is 16.8. The van der Waals surface area contributed by atoms with E-state index in [1.807, 2.05) is 37.1 Å². The molecule has 6 heteroatoms. The van der Waals surface area contributed by atoms with E-state index in [-0.39, 0.29) is 5.91 Å². The van der Waals surface area contributed by atoms with E-state index in [4.69, 9.17) is 0 Å². The molecule has 0 atom stereocenters. The van der Waals surface area contributed by atoms with Crippen LogP contribution in [-0.4, -0.2) is 29.5 Å². The molecule has 0 saturated heterocycles. The Morgan fingerprint density at radius 3 is 2.61 bits per heavy atom. The fraction of sp³-hybridized carbons (Fsp3) is 0.353. The number of hydrogen-bond donors (Lipinski definition) is 1. The van der Waals surface area contributed by atoms with Crippen LogP contribution in [0.1, 0.15) is 35.7 Å². The number of halogens is 1. The highest BCUT2D eigenvalue weighted by Gasteiger charge is 2.10.